The highest BCUT2D eigenvalue weighted by Gasteiger charge is 2.48. The summed E-state index contributed by atoms with van der Waals surface area (Å²) < 4.78 is 12.1. The van der Waals surface area contributed by atoms with Crippen molar-refractivity contribution in [1.82, 2.24) is 10.2 Å². The molecule has 244 valence electrons. The number of aliphatic hydroxyl groups excluding tert-OH is 1. The highest BCUT2D eigenvalue weighted by Crippen LogP contribution is 2.45. The number of benzene rings is 4. The molecule has 1 fully saturated rings. The summed E-state index contributed by atoms with van der Waals surface area (Å²) in [6.45, 7) is 4.43. The molecular formula is C36H30ClN3O6S2. The first-order chi connectivity index (χ1) is 23.2. The lowest BCUT2D eigenvalue weighted by molar-refractivity contribution is -0.132. The van der Waals surface area contributed by atoms with Gasteiger partial charge in [0.15, 0.2) is 15.8 Å². The Bertz CT molecular complexity index is 2000. The van der Waals surface area contributed by atoms with Gasteiger partial charge in [-0.2, -0.15) is 0 Å². The third-order valence-electron chi connectivity index (χ3n) is 7.54. The average Bonchev–Trinajstić information content (AvgIpc) is 3.66. The summed E-state index contributed by atoms with van der Waals surface area (Å²) in [5.41, 5.74) is 3.80. The number of anilines is 1. The van der Waals surface area contributed by atoms with E-state index in [1.54, 1.807) is 43.3 Å². The van der Waals surface area contributed by atoms with Crippen LogP contribution in [0.5, 0.6) is 17.2 Å². The molecule has 1 aliphatic heterocycles. The number of aliphatic hydroxyl groups is 1. The Morgan fingerprint density at radius 3 is 2.46 bits per heavy atom. The number of aromatic hydroxyl groups is 1. The minimum Gasteiger partial charge on any atom is -0.507 e. The number of rotatable bonds is 11. The first-order valence-corrected chi connectivity index (χ1v) is 17.2. The van der Waals surface area contributed by atoms with Gasteiger partial charge in [-0.05, 0) is 79.1 Å². The van der Waals surface area contributed by atoms with E-state index in [1.165, 1.54) is 22.7 Å². The van der Waals surface area contributed by atoms with Crippen molar-refractivity contribution >= 4 is 57.3 Å². The van der Waals surface area contributed by atoms with Crippen molar-refractivity contribution in [2.75, 3.05) is 11.5 Å². The molecule has 0 bridgehead atoms. The molecule has 5 aromatic rings. The molecule has 9 nitrogen and oxygen atoms in total. The van der Waals surface area contributed by atoms with Crippen molar-refractivity contribution in [3.63, 3.8) is 0 Å². The van der Waals surface area contributed by atoms with E-state index in [0.717, 1.165) is 28.0 Å². The van der Waals surface area contributed by atoms with E-state index in [1.807, 2.05) is 55.5 Å². The summed E-state index contributed by atoms with van der Waals surface area (Å²) in [7, 11) is 0. The maximum absolute atomic E-state index is 13.7. The van der Waals surface area contributed by atoms with Gasteiger partial charge in [-0.1, -0.05) is 82.7 Å². The fourth-order valence-corrected chi connectivity index (χ4v) is 7.18. The second-order valence-electron chi connectivity index (χ2n) is 10.9. The molecule has 1 aromatic heterocycles. The molecule has 0 spiro atoms. The van der Waals surface area contributed by atoms with Crippen molar-refractivity contribution in [3.05, 3.63) is 129 Å². The molecule has 2 N–H and O–H groups in total. The van der Waals surface area contributed by atoms with E-state index < -0.39 is 17.7 Å². The van der Waals surface area contributed by atoms with Crippen LogP contribution < -0.4 is 14.4 Å². The number of thioether (sulfide) groups is 1. The molecule has 1 aliphatic rings. The maximum Gasteiger partial charge on any atom is 0.301 e. The monoisotopic (exact) mass is 699 g/mol. The number of amides is 1. The lowest BCUT2D eigenvalue weighted by atomic mass is 9.95. The van der Waals surface area contributed by atoms with E-state index >= 15 is 0 Å². The number of phenols is 1. The summed E-state index contributed by atoms with van der Waals surface area (Å²) in [5, 5.41) is 31.4. The van der Waals surface area contributed by atoms with Crippen LogP contribution in [0, 0.1) is 6.92 Å². The zero-order chi connectivity index (χ0) is 33.8. The van der Waals surface area contributed by atoms with Gasteiger partial charge in [-0.15, -0.1) is 10.2 Å². The lowest BCUT2D eigenvalue weighted by Gasteiger charge is -2.23. The first-order valence-electron chi connectivity index (χ1n) is 15.0. The van der Waals surface area contributed by atoms with E-state index in [9.17, 15) is 19.8 Å². The van der Waals surface area contributed by atoms with Gasteiger partial charge in [0.2, 0.25) is 5.13 Å². The van der Waals surface area contributed by atoms with Crippen LogP contribution in [-0.2, 0) is 21.9 Å². The van der Waals surface area contributed by atoms with Crippen LogP contribution in [0.4, 0.5) is 5.13 Å². The molecule has 0 aliphatic carbocycles. The minimum absolute atomic E-state index is 0.101. The van der Waals surface area contributed by atoms with Gasteiger partial charge in [0.1, 0.15) is 18.1 Å². The number of nitrogens with zero attached hydrogens (tertiary/aromatic N) is 3. The molecule has 2 heterocycles. The fourth-order valence-electron chi connectivity index (χ4n) is 5.23. The quantitative estimate of drug-likeness (QED) is 0.0463. The summed E-state index contributed by atoms with van der Waals surface area (Å²) in [5.74, 6) is -0.872. The zero-order valence-corrected chi connectivity index (χ0v) is 28.3. The van der Waals surface area contributed by atoms with Crippen molar-refractivity contribution in [2.45, 2.75) is 36.6 Å². The van der Waals surface area contributed by atoms with Crippen LogP contribution >= 0.6 is 34.7 Å². The van der Waals surface area contributed by atoms with Crippen molar-refractivity contribution in [1.29, 1.82) is 0 Å². The van der Waals surface area contributed by atoms with Crippen LogP contribution in [-0.4, -0.2) is 38.7 Å². The second kappa shape index (κ2) is 14.5. The van der Waals surface area contributed by atoms with Crippen molar-refractivity contribution in [3.8, 4) is 17.2 Å². The van der Waals surface area contributed by atoms with Gasteiger partial charge in [-0.25, -0.2) is 0 Å². The number of Topliss-reactive ketones (excluding diaryl/α,β-unsaturated/α-hetero) is 1. The van der Waals surface area contributed by atoms with Crippen LogP contribution in [0.2, 0.25) is 5.02 Å². The van der Waals surface area contributed by atoms with Gasteiger partial charge in [0, 0.05) is 16.3 Å². The predicted octanol–water partition coefficient (Wildman–Crippen LogP) is 8.10. The number of halogens is 1. The van der Waals surface area contributed by atoms with Gasteiger partial charge in [0.05, 0.1) is 18.2 Å². The predicted molar refractivity (Wildman–Crippen MR) is 187 cm³/mol. The smallest absolute Gasteiger partial charge is 0.301 e. The van der Waals surface area contributed by atoms with Crippen LogP contribution in [0.1, 0.15) is 40.8 Å². The first kappa shape index (κ1) is 33.1. The number of carbonyl (C=O) groups excluding carboxylic acids is 2. The summed E-state index contributed by atoms with van der Waals surface area (Å²) >= 11 is 8.59. The molecule has 1 unspecified atom stereocenters. The Hall–Kier alpha value is -4.84. The number of hydrogen-bond donors (Lipinski definition) is 2. The largest absolute Gasteiger partial charge is 0.507 e. The number of aryl methyl sites for hydroxylation is 1. The van der Waals surface area contributed by atoms with Gasteiger partial charge in [-0.3, -0.25) is 14.5 Å². The van der Waals surface area contributed by atoms with Crippen LogP contribution in [0.3, 0.4) is 0 Å². The SMILES string of the molecule is CCOc1cc(C2/C(=C(\O)c3ccc(OCc4cccc(C)c4)cc3)C(=O)C(=O)N2c2nnc(SCc3ccc(Cl)cc3)s2)ccc1O. The Morgan fingerprint density at radius 1 is 0.958 bits per heavy atom. The summed E-state index contributed by atoms with van der Waals surface area (Å²) in [6, 6.07) is 25.6. The van der Waals surface area contributed by atoms with Crippen molar-refractivity contribution in [2.24, 2.45) is 0 Å². The molecule has 4 aromatic carbocycles. The normalized spacial score (nSPS) is 15.6. The molecule has 12 heteroatoms. The topological polar surface area (TPSA) is 122 Å². The number of hydrogen-bond acceptors (Lipinski definition) is 10. The summed E-state index contributed by atoms with van der Waals surface area (Å²) in [4.78, 5) is 28.6. The standard InChI is InChI=1S/C36H30ClN3O6S2/c1-3-45-29-18-25(11-16-28(29)41)31-30(32(42)24-9-14-27(15-10-24)46-19-23-6-4-5-21(2)17-23)33(43)34(44)40(31)35-38-39-36(48-35)47-20-22-7-12-26(37)13-8-22/h4-18,31,41-42H,3,19-20H2,1-2H3/b32-30+. The number of carbonyl (C=O) groups is 2. The van der Waals surface area contributed by atoms with Crippen molar-refractivity contribution < 1.29 is 29.3 Å². The Kier molecular flexibility index (Phi) is 10.00. The average molecular weight is 700 g/mol. The Morgan fingerprint density at radius 2 is 1.73 bits per heavy atom. The van der Waals surface area contributed by atoms with Crippen LogP contribution in [0.15, 0.2) is 101 Å². The Balaban J connectivity index is 1.33. The maximum atomic E-state index is 13.7. The molecule has 1 amide bonds. The molecule has 1 saturated heterocycles. The number of aromatic nitrogens is 2. The molecule has 1 atom stereocenters. The Labute approximate surface area is 290 Å². The molecule has 0 radical (unpaired) electrons. The molecule has 48 heavy (non-hydrogen) atoms. The fraction of sp³-hybridized carbons (Fsp3) is 0.167. The van der Waals surface area contributed by atoms with Gasteiger partial charge < -0.3 is 19.7 Å². The zero-order valence-electron chi connectivity index (χ0n) is 25.9. The molecule has 6 rings (SSSR count). The van der Waals surface area contributed by atoms with E-state index in [-0.39, 0.29) is 34.6 Å². The number of ketones is 1. The highest BCUT2D eigenvalue weighted by atomic mass is 35.5. The van der Waals surface area contributed by atoms with E-state index in [2.05, 4.69) is 10.2 Å². The number of ether oxygens (including phenoxy) is 2. The molecular weight excluding hydrogens is 670 g/mol. The van der Waals surface area contributed by atoms with E-state index in [4.69, 9.17) is 21.1 Å². The third kappa shape index (κ3) is 7.18. The van der Waals surface area contributed by atoms with E-state index in [0.29, 0.717) is 38.6 Å². The number of phenolic OH excluding ortho intramolecular Hbond substituents is 1. The van der Waals surface area contributed by atoms with Gasteiger partial charge >= 0.3 is 5.91 Å². The minimum atomic E-state index is -1.08. The molecule has 0 saturated carbocycles. The third-order valence-corrected chi connectivity index (χ3v) is 9.92. The lowest BCUT2D eigenvalue weighted by Crippen LogP contribution is -2.29. The van der Waals surface area contributed by atoms with Gasteiger partial charge in [0.25, 0.3) is 5.78 Å². The summed E-state index contributed by atoms with van der Waals surface area (Å²) in [6.07, 6.45) is 0. The second-order valence-corrected chi connectivity index (χ2v) is 13.5. The highest BCUT2D eigenvalue weighted by molar-refractivity contribution is 8.00. The van der Waals surface area contributed by atoms with Crippen LogP contribution in [0.25, 0.3) is 5.76 Å².